The number of hydrogen-bond acceptors (Lipinski definition) is 6. The minimum absolute atomic E-state index is 0.106. The molecule has 0 amide bonds. The average Bonchev–Trinajstić information content (AvgIpc) is 3.31. The van der Waals surface area contributed by atoms with Crippen molar-refractivity contribution in [2.75, 3.05) is 0 Å². The molecule has 1 aliphatic heterocycles. The molecule has 0 spiro atoms. The number of ketones is 1. The van der Waals surface area contributed by atoms with Crippen molar-refractivity contribution in [3.05, 3.63) is 57.3 Å². The lowest BCUT2D eigenvalue weighted by Crippen LogP contribution is -2.41. The van der Waals surface area contributed by atoms with Crippen LogP contribution in [0, 0.1) is 12.8 Å². The highest BCUT2D eigenvalue weighted by Gasteiger charge is 2.47. The van der Waals surface area contributed by atoms with E-state index in [4.69, 9.17) is 14.1 Å². The Kier molecular flexibility index (Phi) is 5.30. The quantitative estimate of drug-likeness (QED) is 0.651. The van der Waals surface area contributed by atoms with Crippen molar-refractivity contribution in [2.45, 2.75) is 58.5 Å². The molecule has 1 saturated carbocycles. The summed E-state index contributed by atoms with van der Waals surface area (Å²) in [5.41, 5.74) is 1.89. The molecule has 1 unspecified atom stereocenters. The van der Waals surface area contributed by atoms with Gasteiger partial charge >= 0.3 is 5.97 Å². The molecule has 0 bridgehead atoms. The van der Waals surface area contributed by atoms with Gasteiger partial charge in [0, 0.05) is 28.6 Å². The van der Waals surface area contributed by atoms with E-state index in [1.807, 2.05) is 51.3 Å². The predicted octanol–water partition coefficient (Wildman–Crippen LogP) is 5.18. The normalized spacial score (nSPS) is 24.5. The number of nitrogens with zero attached hydrogens (tertiary/aromatic N) is 1. The van der Waals surface area contributed by atoms with Crippen LogP contribution in [0.4, 0.5) is 0 Å². The summed E-state index contributed by atoms with van der Waals surface area (Å²) in [5, 5.41) is 2.04. The van der Waals surface area contributed by atoms with Gasteiger partial charge in [0.2, 0.25) is 0 Å². The Balaban J connectivity index is 1.79. The first-order chi connectivity index (χ1) is 13.8. The number of esters is 1. The second-order valence-electron chi connectivity index (χ2n) is 8.05. The highest BCUT2D eigenvalue weighted by Crippen LogP contribution is 2.46. The third kappa shape index (κ3) is 3.73. The fourth-order valence-electron chi connectivity index (χ4n) is 4.37. The number of hydrogen-bond donors (Lipinski definition) is 0. The maximum atomic E-state index is 13.3. The molecule has 4 rings (SSSR count). The van der Waals surface area contributed by atoms with Gasteiger partial charge in [0.25, 0.3) is 0 Å². The van der Waals surface area contributed by atoms with E-state index in [0.29, 0.717) is 23.5 Å². The number of thiophene rings is 1. The minimum atomic E-state index is -0.487. The maximum Gasteiger partial charge on any atom is 0.336 e. The van der Waals surface area contributed by atoms with Gasteiger partial charge in [-0.25, -0.2) is 4.79 Å². The van der Waals surface area contributed by atoms with Crippen molar-refractivity contribution >= 4 is 28.8 Å². The highest BCUT2D eigenvalue weighted by molar-refractivity contribution is 7.10. The predicted molar refractivity (Wildman–Crippen MR) is 112 cm³/mol. The van der Waals surface area contributed by atoms with Crippen molar-refractivity contribution in [3.63, 3.8) is 0 Å². The molecule has 0 saturated heterocycles. The number of aliphatic imine (C=N–C) groups is 1. The van der Waals surface area contributed by atoms with E-state index in [0.717, 1.165) is 17.9 Å². The number of aryl methyl sites for hydroxylation is 1. The summed E-state index contributed by atoms with van der Waals surface area (Å²) in [4.78, 5) is 32.2. The first kappa shape index (κ1) is 19.8. The van der Waals surface area contributed by atoms with Gasteiger partial charge in [-0.05, 0) is 57.7 Å². The zero-order valence-corrected chi connectivity index (χ0v) is 17.9. The molecule has 3 heterocycles. The Morgan fingerprint density at radius 3 is 2.62 bits per heavy atom. The van der Waals surface area contributed by atoms with Gasteiger partial charge in [0.1, 0.15) is 17.3 Å². The summed E-state index contributed by atoms with van der Waals surface area (Å²) < 4.78 is 11.4. The molecule has 5 nitrogen and oxygen atoms in total. The van der Waals surface area contributed by atoms with Crippen LogP contribution in [0.2, 0.25) is 0 Å². The Hall–Kier alpha value is -2.47. The van der Waals surface area contributed by atoms with Gasteiger partial charge in [-0.1, -0.05) is 6.07 Å². The van der Waals surface area contributed by atoms with Crippen molar-refractivity contribution in [1.29, 1.82) is 0 Å². The molecule has 3 atom stereocenters. The summed E-state index contributed by atoms with van der Waals surface area (Å²) in [5.74, 6) is 0.237. The average molecular weight is 412 g/mol. The lowest BCUT2D eigenvalue weighted by atomic mass is 9.68. The van der Waals surface area contributed by atoms with Gasteiger partial charge in [0.05, 0.1) is 23.5 Å². The second kappa shape index (κ2) is 7.75. The van der Waals surface area contributed by atoms with E-state index in [1.54, 1.807) is 11.3 Å². The van der Waals surface area contributed by atoms with Gasteiger partial charge in [-0.2, -0.15) is 0 Å². The Bertz CT molecular complexity index is 996. The summed E-state index contributed by atoms with van der Waals surface area (Å²) in [6.45, 7) is 7.31. The molecule has 2 aliphatic rings. The summed E-state index contributed by atoms with van der Waals surface area (Å²) >= 11 is 1.67. The molecule has 29 heavy (non-hydrogen) atoms. The van der Waals surface area contributed by atoms with Crippen LogP contribution in [-0.2, 0) is 14.3 Å². The largest absolute Gasteiger partial charge is 0.466 e. The van der Waals surface area contributed by atoms with Crippen molar-refractivity contribution < 1.29 is 18.7 Å². The molecule has 0 N–H and O–H groups in total. The van der Waals surface area contributed by atoms with Crippen LogP contribution in [0.1, 0.15) is 61.8 Å². The van der Waals surface area contributed by atoms with Crippen molar-refractivity contribution in [3.8, 4) is 0 Å². The van der Waals surface area contributed by atoms with Crippen LogP contribution in [0.3, 0.4) is 0 Å². The van der Waals surface area contributed by atoms with Crippen LogP contribution >= 0.6 is 11.3 Å². The van der Waals surface area contributed by atoms with Crippen LogP contribution in [0.5, 0.6) is 0 Å². The number of furan rings is 1. The number of fused-ring (bicyclic) bond motifs is 1. The van der Waals surface area contributed by atoms with Gasteiger partial charge in [-0.15, -0.1) is 11.3 Å². The standard InChI is InChI=1S/C23H25NO4S/c1-12(2)27-23(26)20-14(4)24-16-10-15(19-6-5-9-29-19)11-17(25)21(16)22(20)18-8-7-13(3)28-18/h5-9,12,15,21-22H,10-11H2,1-4H3/t15-,21?,22+/m0/s1. The van der Waals surface area contributed by atoms with Crippen LogP contribution in [-0.4, -0.2) is 23.6 Å². The maximum absolute atomic E-state index is 13.3. The zero-order chi connectivity index (χ0) is 20.7. The fourth-order valence-corrected chi connectivity index (χ4v) is 5.20. The van der Waals surface area contributed by atoms with Crippen LogP contribution < -0.4 is 0 Å². The fraction of sp³-hybridized carbons (Fsp3) is 0.435. The summed E-state index contributed by atoms with van der Waals surface area (Å²) in [6.07, 6.45) is 0.917. The number of carbonyl (C=O) groups is 2. The smallest absolute Gasteiger partial charge is 0.336 e. The molecule has 6 heteroatoms. The Morgan fingerprint density at radius 1 is 1.21 bits per heavy atom. The number of Topliss-reactive ketones (excluding diaryl/α,β-unsaturated/α-hetero) is 1. The first-order valence-electron chi connectivity index (χ1n) is 9.96. The number of rotatable bonds is 4. The van der Waals surface area contributed by atoms with Gasteiger partial charge in [-0.3, -0.25) is 9.79 Å². The van der Waals surface area contributed by atoms with E-state index in [-0.39, 0.29) is 17.8 Å². The highest BCUT2D eigenvalue weighted by atomic mass is 32.1. The molecule has 152 valence electrons. The summed E-state index contributed by atoms with van der Waals surface area (Å²) in [6, 6.07) is 7.81. The van der Waals surface area contributed by atoms with E-state index in [2.05, 4.69) is 6.07 Å². The zero-order valence-electron chi connectivity index (χ0n) is 17.1. The SMILES string of the molecule is CC1=C(C(=O)OC(C)C)[C@@H](c2ccc(C)o2)C2C(=O)C[C@@H](c3cccs3)CC2=N1. The summed E-state index contributed by atoms with van der Waals surface area (Å²) in [7, 11) is 0. The van der Waals surface area contributed by atoms with E-state index in [9.17, 15) is 9.59 Å². The molecule has 1 fully saturated rings. The van der Waals surface area contributed by atoms with Crippen LogP contribution in [0.25, 0.3) is 0 Å². The minimum Gasteiger partial charge on any atom is -0.466 e. The van der Waals surface area contributed by atoms with Gasteiger partial charge in [0.15, 0.2) is 0 Å². The molecule has 0 aromatic carbocycles. The Morgan fingerprint density at radius 2 is 2.00 bits per heavy atom. The lowest BCUT2D eigenvalue weighted by molar-refractivity contribution is -0.143. The van der Waals surface area contributed by atoms with E-state index in [1.165, 1.54) is 4.88 Å². The monoisotopic (exact) mass is 411 g/mol. The topological polar surface area (TPSA) is 68.9 Å². The lowest BCUT2D eigenvalue weighted by Gasteiger charge is -2.37. The number of ether oxygens (including phenoxy) is 1. The first-order valence-corrected chi connectivity index (χ1v) is 10.8. The Labute approximate surface area is 174 Å². The third-order valence-electron chi connectivity index (χ3n) is 5.53. The van der Waals surface area contributed by atoms with E-state index >= 15 is 0 Å². The van der Waals surface area contributed by atoms with Gasteiger partial charge < -0.3 is 9.15 Å². The number of allylic oxidation sites excluding steroid dienone is 1. The van der Waals surface area contributed by atoms with Crippen molar-refractivity contribution in [2.24, 2.45) is 10.9 Å². The van der Waals surface area contributed by atoms with Crippen molar-refractivity contribution in [1.82, 2.24) is 0 Å². The van der Waals surface area contributed by atoms with Crippen LogP contribution in [0.15, 0.2) is 50.3 Å². The molecular weight excluding hydrogens is 386 g/mol. The molecular formula is C23H25NO4S. The number of carbonyl (C=O) groups excluding carboxylic acids is 2. The molecule has 1 aliphatic carbocycles. The van der Waals surface area contributed by atoms with E-state index < -0.39 is 17.8 Å². The molecule has 2 aromatic heterocycles. The molecule has 0 radical (unpaired) electrons. The third-order valence-corrected chi connectivity index (χ3v) is 6.57. The second-order valence-corrected chi connectivity index (χ2v) is 9.03. The molecule has 2 aromatic rings.